The van der Waals surface area contributed by atoms with E-state index in [1.54, 1.807) is 13.2 Å². The molecule has 1 unspecified atom stereocenters. The Morgan fingerprint density at radius 1 is 1.10 bits per heavy atom. The standard InChI is InChI=1S/C18H22ClNO/c1-12(2)10-13-4-6-14(7-5-13)18(20)16-9-8-15(19)11-17(16)21-3/h4-9,11-12,18H,10,20H2,1-3H3. The van der Waals surface area contributed by atoms with Gasteiger partial charge in [-0.1, -0.05) is 55.8 Å². The van der Waals surface area contributed by atoms with Gasteiger partial charge in [0.15, 0.2) is 0 Å². The molecule has 0 aromatic heterocycles. The second-order valence-electron chi connectivity index (χ2n) is 5.70. The first-order valence-corrected chi connectivity index (χ1v) is 7.57. The summed E-state index contributed by atoms with van der Waals surface area (Å²) in [6.45, 7) is 4.44. The maximum absolute atomic E-state index is 6.37. The highest BCUT2D eigenvalue weighted by Gasteiger charge is 2.14. The lowest BCUT2D eigenvalue weighted by atomic mass is 9.96. The third-order valence-corrected chi connectivity index (χ3v) is 3.75. The molecule has 0 spiro atoms. The average molecular weight is 304 g/mol. The zero-order chi connectivity index (χ0) is 15.4. The minimum absolute atomic E-state index is 0.217. The first kappa shape index (κ1) is 15.9. The Balaban J connectivity index is 2.25. The van der Waals surface area contributed by atoms with E-state index in [2.05, 4.69) is 38.1 Å². The Morgan fingerprint density at radius 3 is 2.33 bits per heavy atom. The number of benzene rings is 2. The SMILES string of the molecule is COc1cc(Cl)ccc1C(N)c1ccc(CC(C)C)cc1. The molecular formula is C18H22ClNO. The predicted molar refractivity (Wildman–Crippen MR) is 89.0 cm³/mol. The second kappa shape index (κ2) is 6.97. The summed E-state index contributed by atoms with van der Waals surface area (Å²) in [5.74, 6) is 1.38. The highest BCUT2D eigenvalue weighted by Crippen LogP contribution is 2.31. The van der Waals surface area contributed by atoms with E-state index < -0.39 is 0 Å². The minimum Gasteiger partial charge on any atom is -0.496 e. The number of hydrogen-bond donors (Lipinski definition) is 1. The van der Waals surface area contributed by atoms with Crippen molar-refractivity contribution >= 4 is 11.6 Å². The summed E-state index contributed by atoms with van der Waals surface area (Å²) < 4.78 is 5.38. The van der Waals surface area contributed by atoms with Gasteiger partial charge in [-0.2, -0.15) is 0 Å². The van der Waals surface area contributed by atoms with Crippen LogP contribution in [0.15, 0.2) is 42.5 Å². The van der Waals surface area contributed by atoms with Crippen LogP contribution < -0.4 is 10.5 Å². The van der Waals surface area contributed by atoms with Gasteiger partial charge < -0.3 is 10.5 Å². The molecule has 2 aromatic carbocycles. The molecule has 112 valence electrons. The van der Waals surface area contributed by atoms with Gasteiger partial charge in [0.1, 0.15) is 5.75 Å². The molecule has 0 saturated carbocycles. The van der Waals surface area contributed by atoms with Crippen molar-refractivity contribution in [2.45, 2.75) is 26.3 Å². The Hall–Kier alpha value is -1.51. The maximum Gasteiger partial charge on any atom is 0.125 e. The molecule has 0 amide bonds. The van der Waals surface area contributed by atoms with Crippen LogP contribution in [-0.4, -0.2) is 7.11 Å². The number of ether oxygens (including phenoxy) is 1. The molecule has 0 bridgehead atoms. The lowest BCUT2D eigenvalue weighted by Gasteiger charge is -2.17. The summed E-state index contributed by atoms with van der Waals surface area (Å²) >= 11 is 5.99. The molecule has 1 atom stereocenters. The molecule has 21 heavy (non-hydrogen) atoms. The average Bonchev–Trinajstić information content (AvgIpc) is 2.46. The van der Waals surface area contributed by atoms with Crippen molar-refractivity contribution in [2.75, 3.05) is 7.11 Å². The number of hydrogen-bond acceptors (Lipinski definition) is 2. The molecule has 2 nitrogen and oxygen atoms in total. The van der Waals surface area contributed by atoms with E-state index in [0.717, 1.165) is 23.3 Å². The molecule has 2 rings (SSSR count). The summed E-state index contributed by atoms with van der Waals surface area (Å²) in [5, 5.41) is 0.648. The fourth-order valence-electron chi connectivity index (χ4n) is 2.45. The fourth-order valence-corrected chi connectivity index (χ4v) is 2.62. The summed E-state index contributed by atoms with van der Waals surface area (Å²) in [4.78, 5) is 0. The van der Waals surface area contributed by atoms with Crippen LogP contribution in [0, 0.1) is 5.92 Å². The zero-order valence-corrected chi connectivity index (χ0v) is 13.5. The van der Waals surface area contributed by atoms with E-state index in [1.807, 2.05) is 12.1 Å². The molecule has 0 heterocycles. The van der Waals surface area contributed by atoms with E-state index in [9.17, 15) is 0 Å². The molecule has 0 aliphatic rings. The lowest BCUT2D eigenvalue weighted by Crippen LogP contribution is -2.13. The van der Waals surface area contributed by atoms with Gasteiger partial charge in [0.25, 0.3) is 0 Å². The van der Waals surface area contributed by atoms with Crippen LogP contribution in [0.1, 0.15) is 36.6 Å². The molecule has 0 fully saturated rings. The van der Waals surface area contributed by atoms with Gasteiger partial charge in [-0.3, -0.25) is 0 Å². The van der Waals surface area contributed by atoms with Crippen LogP contribution in [0.5, 0.6) is 5.75 Å². The van der Waals surface area contributed by atoms with Gasteiger partial charge in [-0.15, -0.1) is 0 Å². The number of methoxy groups -OCH3 is 1. The number of rotatable bonds is 5. The quantitative estimate of drug-likeness (QED) is 0.876. The Labute approximate surface area is 131 Å². The molecule has 0 aliphatic heterocycles. The smallest absolute Gasteiger partial charge is 0.125 e. The van der Waals surface area contributed by atoms with Crippen molar-refractivity contribution in [3.05, 3.63) is 64.2 Å². The molecule has 0 radical (unpaired) electrons. The molecular weight excluding hydrogens is 282 g/mol. The third kappa shape index (κ3) is 3.99. The third-order valence-electron chi connectivity index (χ3n) is 3.51. The fraction of sp³-hybridized carbons (Fsp3) is 0.333. The van der Waals surface area contributed by atoms with E-state index in [0.29, 0.717) is 10.9 Å². The van der Waals surface area contributed by atoms with Gasteiger partial charge >= 0.3 is 0 Å². The topological polar surface area (TPSA) is 35.2 Å². The summed E-state index contributed by atoms with van der Waals surface area (Å²) in [6, 6.07) is 13.8. The van der Waals surface area contributed by atoms with Gasteiger partial charge in [0.05, 0.1) is 13.2 Å². The summed E-state index contributed by atoms with van der Waals surface area (Å²) in [5.41, 5.74) is 9.72. The molecule has 2 N–H and O–H groups in total. The molecule has 2 aromatic rings. The second-order valence-corrected chi connectivity index (χ2v) is 6.14. The van der Waals surface area contributed by atoms with Gasteiger partial charge in [0, 0.05) is 10.6 Å². The Morgan fingerprint density at radius 2 is 1.76 bits per heavy atom. The number of halogens is 1. The number of nitrogens with two attached hydrogens (primary N) is 1. The van der Waals surface area contributed by atoms with Crippen molar-refractivity contribution in [3.8, 4) is 5.75 Å². The molecule has 0 aliphatic carbocycles. The van der Waals surface area contributed by atoms with Crippen LogP contribution in [-0.2, 0) is 6.42 Å². The van der Waals surface area contributed by atoms with Crippen LogP contribution in [0.25, 0.3) is 0 Å². The van der Waals surface area contributed by atoms with E-state index >= 15 is 0 Å². The molecule has 0 saturated heterocycles. The van der Waals surface area contributed by atoms with E-state index in [1.165, 1.54) is 5.56 Å². The predicted octanol–water partition coefficient (Wildman–Crippen LogP) is 4.60. The van der Waals surface area contributed by atoms with Crippen molar-refractivity contribution in [1.82, 2.24) is 0 Å². The Kier molecular flexibility index (Phi) is 5.27. The van der Waals surface area contributed by atoms with Crippen LogP contribution in [0.4, 0.5) is 0 Å². The lowest BCUT2D eigenvalue weighted by molar-refractivity contribution is 0.408. The summed E-state index contributed by atoms with van der Waals surface area (Å²) in [6.07, 6.45) is 1.08. The first-order valence-electron chi connectivity index (χ1n) is 7.19. The van der Waals surface area contributed by atoms with Crippen molar-refractivity contribution in [1.29, 1.82) is 0 Å². The summed E-state index contributed by atoms with van der Waals surface area (Å²) in [7, 11) is 1.63. The van der Waals surface area contributed by atoms with Gasteiger partial charge in [-0.25, -0.2) is 0 Å². The maximum atomic E-state index is 6.37. The first-order chi connectivity index (χ1) is 10.0. The zero-order valence-electron chi connectivity index (χ0n) is 12.8. The van der Waals surface area contributed by atoms with Gasteiger partial charge in [0.2, 0.25) is 0 Å². The van der Waals surface area contributed by atoms with Gasteiger partial charge in [-0.05, 0) is 35.6 Å². The van der Waals surface area contributed by atoms with E-state index in [-0.39, 0.29) is 6.04 Å². The Bertz CT molecular complexity index is 593. The molecule has 3 heteroatoms. The van der Waals surface area contributed by atoms with Crippen molar-refractivity contribution in [3.63, 3.8) is 0 Å². The van der Waals surface area contributed by atoms with Crippen molar-refractivity contribution < 1.29 is 4.74 Å². The minimum atomic E-state index is -0.217. The van der Waals surface area contributed by atoms with Crippen molar-refractivity contribution in [2.24, 2.45) is 11.7 Å². The monoisotopic (exact) mass is 303 g/mol. The van der Waals surface area contributed by atoms with Crippen LogP contribution in [0.3, 0.4) is 0 Å². The highest BCUT2D eigenvalue weighted by atomic mass is 35.5. The van der Waals surface area contributed by atoms with Crippen LogP contribution >= 0.6 is 11.6 Å². The van der Waals surface area contributed by atoms with E-state index in [4.69, 9.17) is 22.1 Å². The van der Waals surface area contributed by atoms with Crippen LogP contribution in [0.2, 0.25) is 5.02 Å². The normalized spacial score (nSPS) is 12.5. The highest BCUT2D eigenvalue weighted by molar-refractivity contribution is 6.30. The largest absolute Gasteiger partial charge is 0.496 e.